The molecule has 0 spiro atoms. The van der Waals surface area contributed by atoms with Gasteiger partial charge >= 0.3 is 0 Å². The van der Waals surface area contributed by atoms with Crippen molar-refractivity contribution in [2.75, 3.05) is 6.26 Å². The number of thioether (sulfide) groups is 1. The van der Waals surface area contributed by atoms with E-state index in [4.69, 9.17) is 0 Å². The molecular formula is C17H13NO2S. The van der Waals surface area contributed by atoms with Gasteiger partial charge in [0, 0.05) is 17.0 Å². The van der Waals surface area contributed by atoms with Gasteiger partial charge in [-0.1, -0.05) is 24.3 Å². The zero-order chi connectivity index (χ0) is 14.8. The van der Waals surface area contributed by atoms with Gasteiger partial charge in [0.05, 0.1) is 4.92 Å². The van der Waals surface area contributed by atoms with Crippen molar-refractivity contribution >= 4 is 35.2 Å². The highest BCUT2D eigenvalue weighted by Crippen LogP contribution is 2.33. The van der Waals surface area contributed by atoms with E-state index < -0.39 is 0 Å². The fourth-order valence-corrected chi connectivity index (χ4v) is 2.75. The molecule has 0 aromatic heterocycles. The van der Waals surface area contributed by atoms with Gasteiger partial charge in [-0.05, 0) is 52.8 Å². The van der Waals surface area contributed by atoms with Crippen LogP contribution < -0.4 is 0 Å². The molecule has 0 bridgehead atoms. The molecule has 21 heavy (non-hydrogen) atoms. The Morgan fingerprint density at radius 1 is 1.10 bits per heavy atom. The van der Waals surface area contributed by atoms with Gasteiger partial charge in [0.15, 0.2) is 0 Å². The highest BCUT2D eigenvalue weighted by Gasteiger charge is 2.14. The molecule has 0 aliphatic heterocycles. The van der Waals surface area contributed by atoms with Crippen LogP contribution in [0.3, 0.4) is 0 Å². The van der Waals surface area contributed by atoms with Crippen molar-refractivity contribution in [2.24, 2.45) is 0 Å². The summed E-state index contributed by atoms with van der Waals surface area (Å²) in [5, 5.41) is 10.8. The third kappa shape index (κ3) is 2.76. The Kier molecular flexibility index (Phi) is 3.62. The minimum Gasteiger partial charge on any atom is -0.258 e. The topological polar surface area (TPSA) is 43.1 Å². The average Bonchev–Trinajstić information content (AvgIpc) is 2.90. The van der Waals surface area contributed by atoms with Gasteiger partial charge in [-0.3, -0.25) is 10.1 Å². The van der Waals surface area contributed by atoms with Crippen molar-refractivity contribution in [3.05, 3.63) is 75.3 Å². The third-order valence-corrected chi connectivity index (χ3v) is 4.18. The van der Waals surface area contributed by atoms with Gasteiger partial charge in [-0.15, -0.1) is 11.8 Å². The first-order valence-corrected chi connectivity index (χ1v) is 7.72. The first-order valence-electron chi connectivity index (χ1n) is 6.50. The van der Waals surface area contributed by atoms with E-state index in [9.17, 15) is 10.1 Å². The molecule has 0 saturated carbocycles. The average molecular weight is 295 g/mol. The Bertz CT molecular complexity index is 761. The zero-order valence-electron chi connectivity index (χ0n) is 11.4. The minimum absolute atomic E-state index is 0.129. The molecular weight excluding hydrogens is 282 g/mol. The highest BCUT2D eigenvalue weighted by molar-refractivity contribution is 7.98. The molecule has 3 nitrogen and oxygen atoms in total. The van der Waals surface area contributed by atoms with Crippen LogP contribution in [0.15, 0.2) is 53.4 Å². The van der Waals surface area contributed by atoms with Crippen LogP contribution in [0, 0.1) is 10.1 Å². The van der Waals surface area contributed by atoms with Crippen LogP contribution in [0.1, 0.15) is 16.7 Å². The summed E-state index contributed by atoms with van der Waals surface area (Å²) < 4.78 is 0. The van der Waals surface area contributed by atoms with Gasteiger partial charge in [-0.25, -0.2) is 0 Å². The minimum atomic E-state index is -0.364. The lowest BCUT2D eigenvalue weighted by Gasteiger charge is -2.02. The van der Waals surface area contributed by atoms with Crippen LogP contribution in [0.25, 0.3) is 17.7 Å². The summed E-state index contributed by atoms with van der Waals surface area (Å²) in [5.74, 6) is 0. The molecule has 2 aromatic carbocycles. The second kappa shape index (κ2) is 5.58. The Balaban J connectivity index is 1.94. The molecule has 0 fully saturated rings. The maximum absolute atomic E-state index is 10.8. The normalized spacial score (nSPS) is 14.4. The van der Waals surface area contributed by atoms with E-state index >= 15 is 0 Å². The zero-order valence-corrected chi connectivity index (χ0v) is 12.3. The van der Waals surface area contributed by atoms with Crippen LogP contribution in [-0.2, 0) is 0 Å². The second-order valence-corrected chi connectivity index (χ2v) is 5.61. The second-order valence-electron chi connectivity index (χ2n) is 4.73. The lowest BCUT2D eigenvalue weighted by Crippen LogP contribution is -1.89. The van der Waals surface area contributed by atoms with Crippen LogP contribution >= 0.6 is 11.8 Å². The molecule has 0 amide bonds. The maximum atomic E-state index is 10.8. The molecule has 1 aliphatic rings. The third-order valence-electron chi connectivity index (χ3n) is 3.44. The Labute approximate surface area is 127 Å². The first kappa shape index (κ1) is 13.6. The van der Waals surface area contributed by atoms with Gasteiger partial charge in [0.25, 0.3) is 5.69 Å². The van der Waals surface area contributed by atoms with E-state index in [1.165, 1.54) is 4.90 Å². The molecule has 0 saturated heterocycles. The van der Waals surface area contributed by atoms with Crippen LogP contribution in [0.4, 0.5) is 5.69 Å². The maximum Gasteiger partial charge on any atom is 0.270 e. The fourth-order valence-electron chi connectivity index (χ4n) is 2.34. The standard InChI is InChI=1S/C17H13NO2S/c1-21-16-7-2-12(3-8-16)10-13-4-5-14-11-15(18(19)20)6-9-17(13)14/h2-11H,1H3/b13-10+. The fraction of sp³-hybridized carbons (Fsp3) is 0.0588. The summed E-state index contributed by atoms with van der Waals surface area (Å²) in [6.45, 7) is 0. The van der Waals surface area contributed by atoms with Gasteiger partial charge < -0.3 is 0 Å². The Hall–Kier alpha value is -2.33. The molecule has 0 unspecified atom stereocenters. The number of allylic oxidation sites excluding steroid dienone is 2. The van der Waals surface area contributed by atoms with E-state index in [1.807, 2.05) is 18.2 Å². The number of hydrogen-bond donors (Lipinski definition) is 0. The van der Waals surface area contributed by atoms with Gasteiger partial charge in [-0.2, -0.15) is 0 Å². The van der Waals surface area contributed by atoms with Crippen molar-refractivity contribution in [2.45, 2.75) is 4.90 Å². The molecule has 0 heterocycles. The van der Waals surface area contributed by atoms with E-state index in [1.54, 1.807) is 23.9 Å². The van der Waals surface area contributed by atoms with E-state index in [2.05, 4.69) is 36.6 Å². The molecule has 104 valence electrons. The van der Waals surface area contributed by atoms with Gasteiger partial charge in [0.1, 0.15) is 0 Å². The van der Waals surface area contributed by atoms with E-state index in [0.717, 1.165) is 22.3 Å². The first-order chi connectivity index (χ1) is 10.2. The summed E-state index contributed by atoms with van der Waals surface area (Å²) in [4.78, 5) is 11.7. The molecule has 3 rings (SSSR count). The lowest BCUT2D eigenvalue weighted by atomic mass is 10.0. The SMILES string of the molecule is CSc1ccc(/C=C2\C=Cc3cc([N+](=O)[O-])ccc32)cc1. The molecule has 1 aliphatic carbocycles. The van der Waals surface area contributed by atoms with Crippen molar-refractivity contribution in [3.63, 3.8) is 0 Å². The molecule has 2 aromatic rings. The molecule has 0 atom stereocenters. The monoisotopic (exact) mass is 295 g/mol. The van der Waals surface area contributed by atoms with Crippen LogP contribution in [0.5, 0.6) is 0 Å². The summed E-state index contributed by atoms with van der Waals surface area (Å²) in [6, 6.07) is 13.3. The van der Waals surface area contributed by atoms with Gasteiger partial charge in [0.2, 0.25) is 0 Å². The summed E-state index contributed by atoms with van der Waals surface area (Å²) in [7, 11) is 0. The number of benzene rings is 2. The van der Waals surface area contributed by atoms with Crippen molar-refractivity contribution in [1.29, 1.82) is 0 Å². The number of nitro groups is 1. The molecule has 0 N–H and O–H groups in total. The van der Waals surface area contributed by atoms with Crippen LogP contribution in [0.2, 0.25) is 0 Å². The predicted molar refractivity (Wildman–Crippen MR) is 88.2 cm³/mol. The van der Waals surface area contributed by atoms with E-state index in [-0.39, 0.29) is 10.6 Å². The summed E-state index contributed by atoms with van der Waals surface area (Å²) >= 11 is 1.71. The quantitative estimate of drug-likeness (QED) is 0.460. The van der Waals surface area contributed by atoms with Crippen molar-refractivity contribution < 1.29 is 4.92 Å². The predicted octanol–water partition coefficient (Wildman–Crippen LogP) is 4.88. The number of nitro benzene ring substituents is 1. The Morgan fingerprint density at radius 3 is 2.52 bits per heavy atom. The summed E-state index contributed by atoms with van der Waals surface area (Å²) in [6.07, 6.45) is 8.07. The number of hydrogen-bond acceptors (Lipinski definition) is 3. The van der Waals surface area contributed by atoms with Crippen molar-refractivity contribution in [3.8, 4) is 0 Å². The lowest BCUT2D eigenvalue weighted by molar-refractivity contribution is -0.384. The van der Waals surface area contributed by atoms with Crippen molar-refractivity contribution in [1.82, 2.24) is 0 Å². The number of fused-ring (bicyclic) bond motifs is 1. The summed E-state index contributed by atoms with van der Waals surface area (Å²) in [5.41, 5.74) is 4.27. The number of non-ortho nitro benzene ring substituents is 1. The number of rotatable bonds is 3. The largest absolute Gasteiger partial charge is 0.270 e. The number of nitrogens with zero attached hydrogens (tertiary/aromatic N) is 1. The van der Waals surface area contributed by atoms with Crippen LogP contribution in [-0.4, -0.2) is 11.2 Å². The van der Waals surface area contributed by atoms with E-state index in [0.29, 0.717) is 0 Å². The Morgan fingerprint density at radius 2 is 1.86 bits per heavy atom. The molecule has 0 radical (unpaired) electrons. The molecule has 4 heteroatoms. The highest BCUT2D eigenvalue weighted by atomic mass is 32.2. The smallest absolute Gasteiger partial charge is 0.258 e.